The van der Waals surface area contributed by atoms with Crippen molar-refractivity contribution in [2.45, 2.75) is 159 Å². The number of azide groups is 1. The number of aliphatic hydroxyl groups excluding tert-OH is 4. The molecule has 18 nitrogen and oxygen atoms in total. The smallest absolute Gasteiger partial charge is 0.394 e. The first-order chi connectivity index (χ1) is 25.5. The van der Waals surface area contributed by atoms with Gasteiger partial charge in [-0.25, -0.2) is 9.36 Å². The van der Waals surface area contributed by atoms with E-state index in [2.05, 4.69) is 21.9 Å². The van der Waals surface area contributed by atoms with Crippen LogP contribution in [0.3, 0.4) is 0 Å². The van der Waals surface area contributed by atoms with Crippen molar-refractivity contribution in [2.24, 2.45) is 5.11 Å². The van der Waals surface area contributed by atoms with Crippen molar-refractivity contribution in [3.8, 4) is 0 Å². The van der Waals surface area contributed by atoms with Crippen molar-refractivity contribution in [3.63, 3.8) is 0 Å². The summed E-state index contributed by atoms with van der Waals surface area (Å²) < 4.78 is 48.5. The van der Waals surface area contributed by atoms with Crippen LogP contribution >= 0.6 is 7.82 Å². The first-order valence-electron chi connectivity index (χ1n) is 19.0. The van der Waals surface area contributed by atoms with Gasteiger partial charge in [0.05, 0.1) is 45.2 Å². The van der Waals surface area contributed by atoms with Crippen LogP contribution in [-0.4, -0.2) is 106 Å². The van der Waals surface area contributed by atoms with E-state index >= 15 is 0 Å². The summed E-state index contributed by atoms with van der Waals surface area (Å²) in [4.78, 5) is 29.4. The summed E-state index contributed by atoms with van der Waals surface area (Å²) >= 11 is 0. The first-order valence-corrected chi connectivity index (χ1v) is 20.5. The molecule has 2 fully saturated rings. The molecule has 0 aliphatic carbocycles. The molecule has 53 heavy (non-hydrogen) atoms. The number of aliphatic hydroxyl groups is 4. The molecule has 5 N–H and O–H groups in total. The van der Waals surface area contributed by atoms with E-state index in [1.165, 1.54) is 75.5 Å². The van der Waals surface area contributed by atoms with Crippen molar-refractivity contribution in [1.82, 2.24) is 9.55 Å². The normalized spacial score (nSPS) is 27.1. The van der Waals surface area contributed by atoms with E-state index in [-0.39, 0.29) is 31.8 Å². The lowest BCUT2D eigenvalue weighted by atomic mass is 9.99. The number of rotatable bonds is 27. The van der Waals surface area contributed by atoms with Crippen LogP contribution in [0.25, 0.3) is 10.4 Å². The third-order valence-corrected chi connectivity index (χ3v) is 10.9. The Bertz CT molecular complexity index is 1410. The minimum atomic E-state index is -4.29. The molecule has 0 aromatic carbocycles. The fourth-order valence-corrected chi connectivity index (χ4v) is 7.50. The van der Waals surface area contributed by atoms with Gasteiger partial charge in [-0.2, -0.15) is 0 Å². The van der Waals surface area contributed by atoms with E-state index in [9.17, 15) is 34.6 Å². The van der Waals surface area contributed by atoms with Crippen LogP contribution < -0.4 is 11.2 Å². The summed E-state index contributed by atoms with van der Waals surface area (Å²) in [6.07, 6.45) is 8.46. The Morgan fingerprint density at radius 3 is 2.08 bits per heavy atom. The van der Waals surface area contributed by atoms with Gasteiger partial charge in [0.2, 0.25) is 0 Å². The van der Waals surface area contributed by atoms with Crippen molar-refractivity contribution < 1.29 is 52.8 Å². The summed E-state index contributed by atoms with van der Waals surface area (Å²) in [6, 6.07) is -0.821. The molecule has 0 bridgehead atoms. The van der Waals surface area contributed by atoms with Gasteiger partial charge in [0.25, 0.3) is 5.56 Å². The molecule has 2 aliphatic rings. The molecule has 19 heteroatoms. The average Bonchev–Trinajstić information content (AvgIpc) is 3.54. The monoisotopic (exact) mass is 777 g/mol. The van der Waals surface area contributed by atoms with Gasteiger partial charge in [-0.05, 0) is 18.9 Å². The number of H-pyrrole nitrogens is 1. The summed E-state index contributed by atoms with van der Waals surface area (Å²) in [5, 5.41) is 43.4. The summed E-state index contributed by atoms with van der Waals surface area (Å²) in [5.74, 6) is 0. The van der Waals surface area contributed by atoms with E-state index in [1.54, 1.807) is 0 Å². The maximum atomic E-state index is 13.8. The van der Waals surface area contributed by atoms with Crippen LogP contribution in [-0.2, 0) is 32.3 Å². The highest BCUT2D eigenvalue weighted by Crippen LogP contribution is 2.50. The number of aromatic nitrogens is 2. The second kappa shape index (κ2) is 24.4. The molecule has 9 atom stereocenters. The molecule has 0 saturated carbocycles. The highest BCUT2D eigenvalue weighted by atomic mass is 31.2. The number of aromatic amines is 1. The maximum absolute atomic E-state index is 13.8. The van der Waals surface area contributed by atoms with Crippen LogP contribution in [0.2, 0.25) is 0 Å². The highest BCUT2D eigenvalue weighted by molar-refractivity contribution is 7.48. The minimum absolute atomic E-state index is 0.0584. The van der Waals surface area contributed by atoms with Crippen LogP contribution in [0.15, 0.2) is 20.9 Å². The lowest BCUT2D eigenvalue weighted by Gasteiger charge is -2.39. The lowest BCUT2D eigenvalue weighted by molar-refractivity contribution is -0.301. The molecule has 1 aromatic heterocycles. The number of hydrogen-bond donors (Lipinski definition) is 5. The number of phosphoric acid groups is 1. The van der Waals surface area contributed by atoms with Gasteiger partial charge in [0.15, 0.2) is 6.29 Å². The largest absolute Gasteiger partial charge is 0.474 e. The Kier molecular flexibility index (Phi) is 20.8. The molecule has 1 aromatic rings. The third kappa shape index (κ3) is 15.1. The van der Waals surface area contributed by atoms with E-state index in [0.717, 1.165) is 25.7 Å². The van der Waals surface area contributed by atoms with Crippen LogP contribution in [0, 0.1) is 6.92 Å². The Morgan fingerprint density at radius 2 is 1.47 bits per heavy atom. The Morgan fingerprint density at radius 1 is 0.868 bits per heavy atom. The van der Waals surface area contributed by atoms with E-state index in [0.29, 0.717) is 6.42 Å². The molecule has 0 spiro atoms. The van der Waals surface area contributed by atoms with Crippen molar-refractivity contribution in [2.75, 3.05) is 33.0 Å². The fourth-order valence-electron chi connectivity index (χ4n) is 6.29. The van der Waals surface area contributed by atoms with Gasteiger partial charge in [-0.3, -0.25) is 27.9 Å². The number of nitrogens with zero attached hydrogens (tertiary/aromatic N) is 4. The Hall–Kier alpha value is -2.18. The molecule has 2 saturated heterocycles. The zero-order chi connectivity index (χ0) is 38.6. The Balaban J connectivity index is 1.51. The summed E-state index contributed by atoms with van der Waals surface area (Å²) in [6.45, 7) is 2.10. The molecular weight excluding hydrogens is 717 g/mol. The molecule has 3 heterocycles. The number of aryl methyl sites for hydroxylation is 1. The number of phosphoric ester groups is 1. The molecule has 304 valence electrons. The Labute approximate surface area is 310 Å². The van der Waals surface area contributed by atoms with Gasteiger partial charge in [-0.1, -0.05) is 95.5 Å². The zero-order valence-corrected chi connectivity index (χ0v) is 31.9. The highest BCUT2D eigenvalue weighted by Gasteiger charge is 2.44. The van der Waals surface area contributed by atoms with Gasteiger partial charge in [-0.15, -0.1) is 0 Å². The van der Waals surface area contributed by atoms with Crippen LogP contribution in [0.4, 0.5) is 0 Å². The SMILES string of the molecule is CCCCCCCCCCCCCCCCOP(=O)(OCCO[C@H]1O[C@H](CO)[C@@H](O)[C@H](O)[C@@H]1O)OCC1OC(n2cc(C)c(=O)[nH]c2=O)CC1N=[N+]=[N-]. The molecule has 0 radical (unpaired) electrons. The van der Waals surface area contributed by atoms with E-state index in [4.69, 9.17) is 33.3 Å². The van der Waals surface area contributed by atoms with Gasteiger partial charge in [0, 0.05) is 23.1 Å². The molecule has 4 unspecified atom stereocenters. The topological polar surface area (TPSA) is 257 Å². The van der Waals surface area contributed by atoms with Gasteiger partial charge >= 0.3 is 13.5 Å². The average molecular weight is 778 g/mol. The lowest BCUT2D eigenvalue weighted by Crippen LogP contribution is -2.59. The number of unbranched alkanes of at least 4 members (excludes halogenated alkanes) is 13. The second-order valence-electron chi connectivity index (χ2n) is 13.7. The van der Waals surface area contributed by atoms with Crippen molar-refractivity contribution in [1.29, 1.82) is 0 Å². The second-order valence-corrected chi connectivity index (χ2v) is 15.4. The minimum Gasteiger partial charge on any atom is -0.394 e. The summed E-state index contributed by atoms with van der Waals surface area (Å²) in [7, 11) is -4.29. The predicted octanol–water partition coefficient (Wildman–Crippen LogP) is 4.27. The van der Waals surface area contributed by atoms with Crippen LogP contribution in [0.1, 0.15) is 115 Å². The standard InChI is InChI=1S/C34H60N5O13P/c1-3-4-5-6-7-8-9-10-11-12-13-14-15-16-17-48-53(46,49-19-18-47-33-31(43)30(42)29(41)26(22-40)52-33)50-23-27-25(37-38-35)20-28(51-27)39-21-24(2)32(44)36-34(39)45/h21,25-31,33,40-43H,3-20,22-23H2,1-2H3,(H,36,44,45)/t25?,26-,27?,28?,29-,30+,31+,33+,53?/m1/s1. The summed E-state index contributed by atoms with van der Waals surface area (Å²) in [5.41, 5.74) is 8.18. The van der Waals surface area contributed by atoms with Crippen LogP contribution in [0.5, 0.6) is 0 Å². The maximum Gasteiger partial charge on any atom is 0.474 e. The fraction of sp³-hybridized carbons (Fsp3) is 0.882. The van der Waals surface area contributed by atoms with Crippen molar-refractivity contribution in [3.05, 3.63) is 43.0 Å². The molecular formula is C34H60N5O13P. The molecule has 3 rings (SSSR count). The molecule has 2 aliphatic heterocycles. The number of ether oxygens (including phenoxy) is 3. The number of nitrogens with one attached hydrogen (secondary N) is 1. The van der Waals surface area contributed by atoms with Gasteiger partial charge < -0.3 is 34.6 Å². The molecule has 0 amide bonds. The quantitative estimate of drug-likeness (QED) is 0.0275. The van der Waals surface area contributed by atoms with Crippen molar-refractivity contribution >= 4 is 7.82 Å². The van der Waals surface area contributed by atoms with E-state index < -0.39 is 81.4 Å². The number of hydrogen-bond acceptors (Lipinski definition) is 14. The predicted molar refractivity (Wildman–Crippen MR) is 193 cm³/mol. The first kappa shape index (κ1) is 45.2. The zero-order valence-electron chi connectivity index (χ0n) is 31.0. The van der Waals surface area contributed by atoms with Gasteiger partial charge in [0.1, 0.15) is 30.6 Å². The third-order valence-electron chi connectivity index (χ3n) is 9.47. The van der Waals surface area contributed by atoms with E-state index in [1.807, 2.05) is 0 Å².